The van der Waals surface area contributed by atoms with Crippen LogP contribution in [0.2, 0.25) is 0 Å². The van der Waals surface area contributed by atoms with Gasteiger partial charge in [-0.15, -0.1) is 0 Å². The Labute approximate surface area is 196 Å². The number of para-hydroxylation sites is 1. The summed E-state index contributed by atoms with van der Waals surface area (Å²) in [4.78, 5) is 17.8. The molecule has 2 aromatic rings. The molecule has 162 valence electrons. The number of amides is 1. The van der Waals surface area contributed by atoms with Gasteiger partial charge in [0.1, 0.15) is 5.82 Å². The molecule has 2 unspecified atom stereocenters. The van der Waals surface area contributed by atoms with Crippen LogP contribution in [0.25, 0.3) is 0 Å². The fourth-order valence-corrected chi connectivity index (χ4v) is 6.05. The number of likely N-dealkylation sites (N-methyl/N-ethyl adjacent to an activating group) is 1. The molecule has 0 aliphatic carbocycles. The highest BCUT2D eigenvalue weighted by atomic mass is 127. The molecule has 1 fully saturated rings. The van der Waals surface area contributed by atoms with Crippen LogP contribution in [-0.4, -0.2) is 46.4 Å². The molecule has 2 atom stereocenters. The number of rotatable bonds is 4. The summed E-state index contributed by atoms with van der Waals surface area (Å²) < 4.78 is 17.0. The first kappa shape index (κ1) is 20.9. The van der Waals surface area contributed by atoms with Gasteiger partial charge >= 0.3 is 0 Å². The van der Waals surface area contributed by atoms with E-state index in [4.69, 9.17) is 0 Å². The number of likely N-dealkylation sites (tertiary alicyclic amines) is 1. The molecule has 3 heterocycles. The van der Waals surface area contributed by atoms with E-state index >= 15 is 4.39 Å². The minimum Gasteiger partial charge on any atom is -0.307 e. The molecule has 31 heavy (non-hydrogen) atoms. The Morgan fingerprint density at radius 1 is 1.19 bits per heavy atom. The number of benzene rings is 2. The van der Waals surface area contributed by atoms with E-state index in [0.29, 0.717) is 12.1 Å². The lowest BCUT2D eigenvalue weighted by molar-refractivity contribution is -0.122. The number of hydrogen-bond donors (Lipinski definition) is 0. The summed E-state index contributed by atoms with van der Waals surface area (Å²) in [5.41, 5.74) is 2.64. The van der Waals surface area contributed by atoms with Gasteiger partial charge in [-0.2, -0.15) is 5.10 Å². The molecule has 0 N–H and O–H groups in total. The van der Waals surface area contributed by atoms with Crippen LogP contribution in [-0.2, 0) is 22.2 Å². The number of nitrogens with zero attached hydrogens (tertiary/aromatic N) is 4. The van der Waals surface area contributed by atoms with Crippen molar-refractivity contribution in [2.75, 3.05) is 31.1 Å². The smallest absolute Gasteiger partial charge is 0.239 e. The molecule has 5 nitrogen and oxygen atoms in total. The van der Waals surface area contributed by atoms with E-state index in [0.717, 1.165) is 42.9 Å². The molecule has 1 amide bonds. The molecule has 7 heteroatoms. The van der Waals surface area contributed by atoms with Crippen LogP contribution in [0.15, 0.2) is 47.6 Å². The van der Waals surface area contributed by atoms with Crippen molar-refractivity contribution in [3.8, 4) is 0 Å². The van der Waals surface area contributed by atoms with Gasteiger partial charge < -0.3 is 9.80 Å². The van der Waals surface area contributed by atoms with Gasteiger partial charge in [0.15, 0.2) is 0 Å². The average molecular weight is 532 g/mol. The highest BCUT2D eigenvalue weighted by Crippen LogP contribution is 2.47. The second kappa shape index (κ2) is 7.55. The minimum atomic E-state index is -0.499. The molecule has 0 bridgehead atoms. The van der Waals surface area contributed by atoms with Crippen LogP contribution < -0.4 is 4.90 Å². The van der Waals surface area contributed by atoms with E-state index in [9.17, 15) is 4.79 Å². The van der Waals surface area contributed by atoms with Crippen molar-refractivity contribution in [3.05, 3.63) is 65.0 Å². The van der Waals surface area contributed by atoms with Crippen molar-refractivity contribution in [3.63, 3.8) is 0 Å². The zero-order valence-electron chi connectivity index (χ0n) is 17.8. The van der Waals surface area contributed by atoms with Crippen molar-refractivity contribution < 1.29 is 9.18 Å². The maximum atomic E-state index is 15.2. The molecular weight excluding hydrogens is 506 g/mol. The third-order valence-corrected chi connectivity index (χ3v) is 7.72. The van der Waals surface area contributed by atoms with Gasteiger partial charge in [0, 0.05) is 29.4 Å². The monoisotopic (exact) mass is 532 g/mol. The van der Waals surface area contributed by atoms with Gasteiger partial charge in [-0.05, 0) is 49.7 Å². The first-order chi connectivity index (χ1) is 14.9. The van der Waals surface area contributed by atoms with Crippen LogP contribution in [0.4, 0.5) is 10.1 Å². The Kier molecular flexibility index (Phi) is 5.08. The van der Waals surface area contributed by atoms with Crippen LogP contribution in [0.1, 0.15) is 37.0 Å². The molecule has 5 rings (SSSR count). The standard InChI is InChI=1S/C24H26FIN4O/c1-3-28-11-10-24(16-28)19-6-4-5-7-21(19)29(22(24)31)13-17-8-9-18(12-20(17)25)23(2)14-27-30(26)15-23/h4-9,12,14H,3,10-11,13,15-16H2,1-2H3. The molecular formula is C24H26FIN4O. The molecule has 1 spiro atoms. The van der Waals surface area contributed by atoms with Gasteiger partial charge in [0.25, 0.3) is 0 Å². The molecule has 1 saturated heterocycles. The fraction of sp³-hybridized carbons (Fsp3) is 0.417. The van der Waals surface area contributed by atoms with Crippen molar-refractivity contribution in [1.29, 1.82) is 0 Å². The fourth-order valence-electron chi connectivity index (χ4n) is 5.22. The van der Waals surface area contributed by atoms with Crippen molar-refractivity contribution in [2.24, 2.45) is 5.10 Å². The lowest BCUT2D eigenvalue weighted by atomic mass is 9.81. The lowest BCUT2D eigenvalue weighted by Crippen LogP contribution is -2.42. The van der Waals surface area contributed by atoms with E-state index in [-0.39, 0.29) is 23.7 Å². The molecule has 3 aliphatic heterocycles. The first-order valence-electron chi connectivity index (χ1n) is 10.8. The van der Waals surface area contributed by atoms with Crippen molar-refractivity contribution in [1.82, 2.24) is 8.12 Å². The topological polar surface area (TPSA) is 39.2 Å². The summed E-state index contributed by atoms with van der Waals surface area (Å²) in [7, 11) is 0. The predicted octanol–water partition coefficient (Wildman–Crippen LogP) is 4.25. The van der Waals surface area contributed by atoms with Crippen LogP contribution >= 0.6 is 22.9 Å². The normalized spacial score (nSPS) is 27.7. The zero-order valence-corrected chi connectivity index (χ0v) is 20.0. The van der Waals surface area contributed by atoms with E-state index in [2.05, 4.69) is 52.8 Å². The van der Waals surface area contributed by atoms with Crippen LogP contribution in [0.5, 0.6) is 0 Å². The third kappa shape index (κ3) is 3.28. The Morgan fingerprint density at radius 3 is 2.68 bits per heavy atom. The van der Waals surface area contributed by atoms with E-state index in [1.165, 1.54) is 0 Å². The molecule has 3 aliphatic rings. The quantitative estimate of drug-likeness (QED) is 0.437. The number of hydrogen-bond acceptors (Lipinski definition) is 4. The maximum absolute atomic E-state index is 15.2. The zero-order chi connectivity index (χ0) is 21.8. The molecule has 2 aromatic carbocycles. The van der Waals surface area contributed by atoms with Gasteiger partial charge in [0.2, 0.25) is 5.91 Å². The highest BCUT2D eigenvalue weighted by Gasteiger charge is 2.53. The number of carbonyl (C=O) groups is 1. The SMILES string of the molecule is CCN1CCC2(C1)C(=O)N(Cc1ccc(C3(C)C=NN(I)C3)cc1F)c1ccccc12. The third-order valence-electron chi connectivity index (χ3n) is 7.13. The number of anilines is 1. The van der Waals surface area contributed by atoms with Gasteiger partial charge in [0.05, 0.1) is 41.4 Å². The van der Waals surface area contributed by atoms with Crippen molar-refractivity contribution in [2.45, 2.75) is 37.6 Å². The number of carbonyl (C=O) groups excluding carboxylic acids is 1. The van der Waals surface area contributed by atoms with Crippen molar-refractivity contribution >= 4 is 40.7 Å². The Hall–Kier alpha value is -2.00. The number of halogens is 2. The summed E-state index contributed by atoms with van der Waals surface area (Å²) in [5, 5.41) is 4.31. The van der Waals surface area contributed by atoms with Gasteiger partial charge in [-0.25, -0.2) is 7.61 Å². The second-order valence-corrected chi connectivity index (χ2v) is 10.2. The number of hydrazone groups is 1. The summed E-state index contributed by atoms with van der Waals surface area (Å²) in [5.74, 6) is -0.171. The second-order valence-electron chi connectivity index (χ2n) is 9.07. The van der Waals surface area contributed by atoms with Gasteiger partial charge in [-0.1, -0.05) is 37.3 Å². The Bertz CT molecular complexity index is 1080. The summed E-state index contributed by atoms with van der Waals surface area (Å²) >= 11 is 2.15. The highest BCUT2D eigenvalue weighted by molar-refractivity contribution is 14.1. The summed E-state index contributed by atoms with van der Waals surface area (Å²) in [6.45, 7) is 7.74. The Balaban J connectivity index is 1.45. The first-order valence-corrected chi connectivity index (χ1v) is 11.7. The predicted molar refractivity (Wildman–Crippen MR) is 129 cm³/mol. The lowest BCUT2D eigenvalue weighted by Gasteiger charge is -2.25. The van der Waals surface area contributed by atoms with E-state index in [1.54, 1.807) is 11.0 Å². The van der Waals surface area contributed by atoms with E-state index < -0.39 is 5.41 Å². The maximum Gasteiger partial charge on any atom is 0.239 e. The molecule has 0 aromatic heterocycles. The summed E-state index contributed by atoms with van der Waals surface area (Å²) in [6, 6.07) is 13.4. The average Bonchev–Trinajstić information content (AvgIpc) is 3.42. The summed E-state index contributed by atoms with van der Waals surface area (Å²) in [6.07, 6.45) is 2.69. The number of fused-ring (bicyclic) bond motifs is 2. The minimum absolute atomic E-state index is 0.101. The van der Waals surface area contributed by atoms with E-state index in [1.807, 2.05) is 39.8 Å². The van der Waals surface area contributed by atoms with Gasteiger partial charge in [-0.3, -0.25) is 4.79 Å². The molecule has 0 saturated carbocycles. The van der Waals surface area contributed by atoms with Crippen LogP contribution in [0, 0.1) is 5.82 Å². The van der Waals surface area contributed by atoms with Crippen LogP contribution in [0.3, 0.4) is 0 Å². The Morgan fingerprint density at radius 2 is 2.00 bits per heavy atom. The largest absolute Gasteiger partial charge is 0.307 e. The molecule has 0 radical (unpaired) electrons.